The summed E-state index contributed by atoms with van der Waals surface area (Å²) < 4.78 is 0. The predicted octanol–water partition coefficient (Wildman–Crippen LogP) is 0.816. The average molecular weight is 409 g/mol. The number of likely N-dealkylation sites (tertiary alicyclic amines) is 1. The van der Waals surface area contributed by atoms with Crippen LogP contribution in [-0.4, -0.2) is 65.0 Å². The first-order valence-corrected chi connectivity index (χ1v) is 10.2. The molecule has 2 aliphatic rings. The quantitative estimate of drug-likeness (QED) is 0.552. The van der Waals surface area contributed by atoms with Gasteiger partial charge in [0.15, 0.2) is 0 Å². The number of rotatable bonds is 8. The summed E-state index contributed by atoms with van der Waals surface area (Å²) in [6, 6.07) is 3.85. The highest BCUT2D eigenvalue weighted by atomic mass is 16.2. The highest BCUT2D eigenvalue weighted by Crippen LogP contribution is 2.33. The van der Waals surface area contributed by atoms with E-state index in [1.54, 1.807) is 24.2 Å². The molecule has 0 bridgehead atoms. The van der Waals surface area contributed by atoms with Crippen LogP contribution >= 0.6 is 0 Å². The molecule has 1 saturated carbocycles. The number of amides is 1. The Balaban J connectivity index is 1.58. The van der Waals surface area contributed by atoms with Crippen LogP contribution in [0, 0.1) is 5.92 Å². The third-order valence-electron chi connectivity index (χ3n) is 5.58. The van der Waals surface area contributed by atoms with Gasteiger partial charge in [-0.25, -0.2) is 9.97 Å². The van der Waals surface area contributed by atoms with Gasteiger partial charge in [0.25, 0.3) is 5.56 Å². The Bertz CT molecular complexity index is 993. The lowest BCUT2D eigenvalue weighted by molar-refractivity contribution is -0.130. The largest absolute Gasteiger partial charge is 0.373 e. The summed E-state index contributed by atoms with van der Waals surface area (Å²) >= 11 is 0. The van der Waals surface area contributed by atoms with Gasteiger partial charge in [-0.3, -0.25) is 9.59 Å². The van der Waals surface area contributed by atoms with Crippen LogP contribution < -0.4 is 21.5 Å². The molecule has 1 amide bonds. The molecular weight excluding hydrogens is 382 g/mol. The first kappa shape index (κ1) is 20.1. The summed E-state index contributed by atoms with van der Waals surface area (Å²) in [5, 5.41) is 3.00. The maximum atomic E-state index is 12.7. The zero-order chi connectivity index (χ0) is 21.1. The zero-order valence-corrected chi connectivity index (χ0v) is 17.0. The van der Waals surface area contributed by atoms with Crippen LogP contribution in [0.2, 0.25) is 0 Å². The summed E-state index contributed by atoms with van der Waals surface area (Å²) in [6.45, 7) is 2.36. The Kier molecular flexibility index (Phi) is 5.80. The second-order valence-electron chi connectivity index (χ2n) is 7.77. The monoisotopic (exact) mass is 409 g/mol. The fourth-order valence-corrected chi connectivity index (χ4v) is 3.61. The van der Waals surface area contributed by atoms with Crippen molar-refractivity contribution >= 4 is 17.4 Å². The van der Waals surface area contributed by atoms with Crippen LogP contribution in [0.15, 0.2) is 41.6 Å². The zero-order valence-electron chi connectivity index (χ0n) is 17.0. The van der Waals surface area contributed by atoms with Gasteiger partial charge in [-0.15, -0.1) is 0 Å². The lowest BCUT2D eigenvalue weighted by Gasteiger charge is -2.46. The van der Waals surface area contributed by atoms with Crippen molar-refractivity contribution in [3.05, 3.63) is 47.2 Å². The minimum Gasteiger partial charge on any atom is -0.373 e. The molecule has 1 aliphatic heterocycles. The number of aromatic nitrogens is 3. The molecule has 2 fully saturated rings. The molecule has 3 heterocycles. The smallest absolute Gasteiger partial charge is 0.271 e. The first-order valence-electron chi connectivity index (χ1n) is 10.2. The van der Waals surface area contributed by atoms with E-state index < -0.39 is 0 Å². The molecule has 30 heavy (non-hydrogen) atoms. The van der Waals surface area contributed by atoms with Crippen LogP contribution in [0.5, 0.6) is 0 Å². The van der Waals surface area contributed by atoms with Gasteiger partial charge in [0.2, 0.25) is 5.91 Å². The van der Waals surface area contributed by atoms with Crippen LogP contribution in [0.1, 0.15) is 12.8 Å². The number of pyridine rings is 1. The molecule has 158 valence electrons. The second-order valence-corrected chi connectivity index (χ2v) is 7.77. The third kappa shape index (κ3) is 4.35. The van der Waals surface area contributed by atoms with E-state index in [0.717, 1.165) is 17.8 Å². The second kappa shape index (κ2) is 8.66. The van der Waals surface area contributed by atoms with E-state index in [1.807, 2.05) is 12.1 Å². The SMILES string of the molecule is CNc1cc(-c2c[nH]c(=O)c(N(CC3CC3)C3CN(C(=O)C=CCN)C3)c2)ncn1. The van der Waals surface area contributed by atoms with E-state index in [4.69, 9.17) is 5.73 Å². The van der Waals surface area contributed by atoms with Crippen molar-refractivity contribution in [2.24, 2.45) is 11.7 Å². The molecule has 0 aromatic carbocycles. The van der Waals surface area contributed by atoms with E-state index in [1.165, 1.54) is 25.2 Å². The first-order chi connectivity index (χ1) is 14.6. The van der Waals surface area contributed by atoms with Gasteiger partial charge in [-0.2, -0.15) is 0 Å². The van der Waals surface area contributed by atoms with Gasteiger partial charge in [-0.05, 0) is 24.8 Å². The van der Waals surface area contributed by atoms with Crippen LogP contribution in [0.25, 0.3) is 11.3 Å². The summed E-state index contributed by atoms with van der Waals surface area (Å²) in [7, 11) is 1.80. The summed E-state index contributed by atoms with van der Waals surface area (Å²) in [6.07, 6.45) is 8.71. The van der Waals surface area contributed by atoms with Crippen molar-refractivity contribution < 1.29 is 4.79 Å². The maximum absolute atomic E-state index is 12.7. The molecule has 0 radical (unpaired) electrons. The maximum Gasteiger partial charge on any atom is 0.271 e. The van der Waals surface area contributed by atoms with Crippen molar-refractivity contribution in [3.8, 4) is 11.3 Å². The number of H-pyrrole nitrogens is 1. The van der Waals surface area contributed by atoms with E-state index >= 15 is 0 Å². The lowest BCUT2D eigenvalue weighted by atomic mass is 10.0. The Hall–Kier alpha value is -3.20. The molecule has 0 spiro atoms. The summed E-state index contributed by atoms with van der Waals surface area (Å²) in [4.78, 5) is 40.2. The van der Waals surface area contributed by atoms with Gasteiger partial charge in [-0.1, -0.05) is 6.08 Å². The number of hydrogen-bond donors (Lipinski definition) is 3. The molecule has 9 heteroatoms. The molecule has 1 saturated heterocycles. The molecule has 1 aliphatic carbocycles. The number of carbonyl (C=O) groups is 1. The van der Waals surface area contributed by atoms with Gasteiger partial charge in [0.1, 0.15) is 17.8 Å². The number of nitrogens with two attached hydrogens (primary N) is 1. The van der Waals surface area contributed by atoms with E-state index in [0.29, 0.717) is 37.1 Å². The molecule has 0 unspecified atom stereocenters. The number of carbonyl (C=O) groups excluding carboxylic acids is 1. The minimum atomic E-state index is -0.130. The lowest BCUT2D eigenvalue weighted by Crippen LogP contribution is -2.62. The van der Waals surface area contributed by atoms with Gasteiger partial charge in [0, 0.05) is 57.1 Å². The third-order valence-corrected chi connectivity index (χ3v) is 5.58. The minimum absolute atomic E-state index is 0.0358. The molecule has 2 aromatic rings. The normalized spacial score (nSPS) is 16.5. The molecule has 4 N–H and O–H groups in total. The molecular formula is C21H27N7O2. The highest BCUT2D eigenvalue weighted by molar-refractivity contribution is 5.88. The Morgan fingerprint density at radius 3 is 2.87 bits per heavy atom. The van der Waals surface area contributed by atoms with Crippen molar-refractivity contribution in [2.75, 3.05) is 43.4 Å². The molecule has 0 atom stereocenters. The van der Waals surface area contributed by atoms with E-state index in [9.17, 15) is 9.59 Å². The Labute approximate surface area is 175 Å². The van der Waals surface area contributed by atoms with Crippen molar-refractivity contribution in [1.82, 2.24) is 19.9 Å². The Morgan fingerprint density at radius 2 is 2.17 bits per heavy atom. The fraction of sp³-hybridized carbons (Fsp3) is 0.429. The van der Waals surface area contributed by atoms with Crippen LogP contribution in [0.3, 0.4) is 0 Å². The average Bonchev–Trinajstić information content (AvgIpc) is 3.55. The number of hydrogen-bond acceptors (Lipinski definition) is 7. The summed E-state index contributed by atoms with van der Waals surface area (Å²) in [5.41, 5.74) is 7.48. The highest BCUT2D eigenvalue weighted by Gasteiger charge is 2.37. The van der Waals surface area contributed by atoms with Gasteiger partial charge < -0.3 is 25.8 Å². The summed E-state index contributed by atoms with van der Waals surface area (Å²) in [5.74, 6) is 1.28. The topological polar surface area (TPSA) is 120 Å². The molecule has 4 rings (SSSR count). The number of aromatic amines is 1. The Morgan fingerprint density at radius 1 is 1.37 bits per heavy atom. The van der Waals surface area contributed by atoms with E-state index in [-0.39, 0.29) is 17.5 Å². The fourth-order valence-electron chi connectivity index (χ4n) is 3.61. The standard InChI is InChI=1S/C21H27N7O2/c1-23-19-8-17(25-13-26-19)15-7-18(21(30)24-9-15)28(10-14-4-5-14)16-11-27(12-16)20(29)3-2-6-22/h2-3,7-9,13-14,16H,4-6,10-12,22H2,1H3,(H,24,30)(H,23,25,26). The number of anilines is 2. The molecule has 9 nitrogen and oxygen atoms in total. The van der Waals surface area contributed by atoms with Crippen molar-refractivity contribution in [3.63, 3.8) is 0 Å². The van der Waals surface area contributed by atoms with Crippen molar-refractivity contribution in [1.29, 1.82) is 0 Å². The van der Waals surface area contributed by atoms with E-state index in [2.05, 4.69) is 25.2 Å². The predicted molar refractivity (Wildman–Crippen MR) is 116 cm³/mol. The van der Waals surface area contributed by atoms with Gasteiger partial charge in [0.05, 0.1) is 11.7 Å². The van der Waals surface area contributed by atoms with Gasteiger partial charge >= 0.3 is 0 Å². The van der Waals surface area contributed by atoms with Crippen LogP contribution in [0.4, 0.5) is 11.5 Å². The van der Waals surface area contributed by atoms with Crippen molar-refractivity contribution in [2.45, 2.75) is 18.9 Å². The number of nitrogens with zero attached hydrogens (tertiary/aromatic N) is 4. The number of nitrogens with one attached hydrogen (secondary N) is 2. The molecule has 2 aromatic heterocycles. The van der Waals surface area contributed by atoms with Crippen LogP contribution in [-0.2, 0) is 4.79 Å².